The molecule has 0 aromatic heterocycles. The van der Waals surface area contributed by atoms with Gasteiger partial charge in [-0.1, -0.05) is 50.1 Å². The van der Waals surface area contributed by atoms with Gasteiger partial charge in [0.1, 0.15) is 0 Å². The highest BCUT2D eigenvalue weighted by Gasteiger charge is 2.57. The normalized spacial score (nSPS) is 42.9. The zero-order valence-electron chi connectivity index (χ0n) is 18.8. The highest BCUT2D eigenvalue weighted by Crippen LogP contribution is 2.66. The number of ketones is 1. The first-order valence-corrected chi connectivity index (χ1v) is 11.8. The first-order chi connectivity index (χ1) is 13.3. The molecule has 0 aliphatic heterocycles. The number of hydrogen-bond donors (Lipinski definition) is 0. The third-order valence-electron chi connectivity index (χ3n) is 9.39. The SMILES string of the molecule is CC(C)=CCC[C@@H](C)[C@H]1CC[C@H]2C3=CC[C@@H]4CC(=O)C=C[C@]4(C)[C@H]3CC[C@]12C. The van der Waals surface area contributed by atoms with E-state index >= 15 is 0 Å². The lowest BCUT2D eigenvalue weighted by atomic mass is 9.49. The van der Waals surface area contributed by atoms with E-state index in [1.54, 1.807) is 5.57 Å². The van der Waals surface area contributed by atoms with Crippen molar-refractivity contribution in [2.45, 2.75) is 86.0 Å². The second-order valence-corrected chi connectivity index (χ2v) is 11.2. The van der Waals surface area contributed by atoms with Crippen molar-refractivity contribution in [1.29, 1.82) is 0 Å². The van der Waals surface area contributed by atoms with Gasteiger partial charge in [0.05, 0.1) is 0 Å². The number of allylic oxidation sites excluding steroid dienone is 6. The van der Waals surface area contributed by atoms with Crippen LogP contribution in [0.2, 0.25) is 0 Å². The molecule has 0 aromatic carbocycles. The Kier molecular flexibility index (Phi) is 5.26. The molecule has 0 radical (unpaired) electrons. The second kappa shape index (κ2) is 7.29. The molecule has 4 rings (SSSR count). The van der Waals surface area contributed by atoms with Gasteiger partial charge in [-0.2, -0.15) is 0 Å². The molecule has 2 fully saturated rings. The predicted molar refractivity (Wildman–Crippen MR) is 118 cm³/mol. The van der Waals surface area contributed by atoms with Gasteiger partial charge in [-0.05, 0) is 105 Å². The Hall–Kier alpha value is -1.11. The van der Waals surface area contributed by atoms with Crippen LogP contribution >= 0.6 is 0 Å². The summed E-state index contributed by atoms with van der Waals surface area (Å²) >= 11 is 0. The van der Waals surface area contributed by atoms with E-state index in [0.717, 1.165) is 30.6 Å². The minimum Gasteiger partial charge on any atom is -0.295 e. The molecule has 0 amide bonds. The largest absolute Gasteiger partial charge is 0.295 e. The topological polar surface area (TPSA) is 17.1 Å². The Morgan fingerprint density at radius 3 is 2.75 bits per heavy atom. The second-order valence-electron chi connectivity index (χ2n) is 11.2. The van der Waals surface area contributed by atoms with E-state index in [0.29, 0.717) is 23.0 Å². The molecule has 0 N–H and O–H groups in total. The van der Waals surface area contributed by atoms with Crippen LogP contribution in [0.4, 0.5) is 0 Å². The highest BCUT2D eigenvalue weighted by atomic mass is 16.1. The smallest absolute Gasteiger partial charge is 0.155 e. The standard InChI is InChI=1S/C27H40O/c1-18(2)7-6-8-19(3)23-11-12-24-22-10-9-20-17-21(28)13-15-26(20,4)25(22)14-16-27(23,24)5/h7,10,13,15,19-20,23-25H,6,8-9,11-12,14,16-17H2,1-5H3/t19-,20-,23-,24+,25+,26+,27-/m1/s1. The molecule has 4 aliphatic carbocycles. The number of carbonyl (C=O) groups excluding carboxylic acids is 1. The summed E-state index contributed by atoms with van der Waals surface area (Å²) in [5, 5.41) is 0. The molecule has 4 aliphatic rings. The number of fused-ring (bicyclic) bond motifs is 5. The van der Waals surface area contributed by atoms with E-state index in [-0.39, 0.29) is 5.41 Å². The van der Waals surface area contributed by atoms with Gasteiger partial charge >= 0.3 is 0 Å². The van der Waals surface area contributed by atoms with Crippen molar-refractivity contribution in [3.05, 3.63) is 35.5 Å². The van der Waals surface area contributed by atoms with Gasteiger partial charge in [0.15, 0.2) is 5.78 Å². The Balaban J connectivity index is 1.54. The van der Waals surface area contributed by atoms with Gasteiger partial charge < -0.3 is 0 Å². The summed E-state index contributed by atoms with van der Waals surface area (Å²) in [6.07, 6.45) is 19.2. The van der Waals surface area contributed by atoms with Crippen molar-refractivity contribution < 1.29 is 4.79 Å². The lowest BCUT2D eigenvalue weighted by Gasteiger charge is -2.55. The van der Waals surface area contributed by atoms with E-state index in [2.05, 4.69) is 52.8 Å². The fourth-order valence-electron chi connectivity index (χ4n) is 7.72. The number of hydrogen-bond acceptors (Lipinski definition) is 1. The van der Waals surface area contributed by atoms with E-state index < -0.39 is 0 Å². The molecule has 0 aromatic rings. The first-order valence-electron chi connectivity index (χ1n) is 11.8. The zero-order valence-corrected chi connectivity index (χ0v) is 18.8. The monoisotopic (exact) mass is 380 g/mol. The van der Waals surface area contributed by atoms with Gasteiger partial charge in [0.2, 0.25) is 0 Å². The van der Waals surface area contributed by atoms with Gasteiger partial charge in [0, 0.05) is 6.42 Å². The molecular weight excluding hydrogens is 340 g/mol. The van der Waals surface area contributed by atoms with Crippen LogP contribution in [0, 0.1) is 40.4 Å². The Labute approximate surface area is 172 Å². The summed E-state index contributed by atoms with van der Waals surface area (Å²) < 4.78 is 0. The summed E-state index contributed by atoms with van der Waals surface area (Å²) in [6.45, 7) is 12.0. The fourth-order valence-corrected chi connectivity index (χ4v) is 7.72. The molecule has 2 saturated carbocycles. The van der Waals surface area contributed by atoms with E-state index in [9.17, 15) is 4.79 Å². The predicted octanol–water partition coefficient (Wildman–Crippen LogP) is 7.29. The molecule has 0 spiro atoms. The minimum atomic E-state index is 0.215. The molecule has 28 heavy (non-hydrogen) atoms. The van der Waals surface area contributed by atoms with Crippen molar-refractivity contribution in [1.82, 2.24) is 0 Å². The molecule has 0 heterocycles. The summed E-state index contributed by atoms with van der Waals surface area (Å²) in [7, 11) is 0. The van der Waals surface area contributed by atoms with E-state index in [1.807, 2.05) is 6.08 Å². The van der Waals surface area contributed by atoms with Gasteiger partial charge in [-0.3, -0.25) is 4.79 Å². The maximum absolute atomic E-state index is 12.0. The van der Waals surface area contributed by atoms with Crippen LogP contribution in [-0.4, -0.2) is 5.78 Å². The lowest BCUT2D eigenvalue weighted by Crippen LogP contribution is -2.48. The Morgan fingerprint density at radius 1 is 1.21 bits per heavy atom. The third-order valence-corrected chi connectivity index (χ3v) is 9.39. The summed E-state index contributed by atoms with van der Waals surface area (Å²) in [5.74, 6) is 4.02. The Morgan fingerprint density at radius 2 is 2.00 bits per heavy atom. The third kappa shape index (κ3) is 3.17. The van der Waals surface area contributed by atoms with Crippen molar-refractivity contribution in [2.75, 3.05) is 0 Å². The fraction of sp³-hybridized carbons (Fsp3) is 0.741. The van der Waals surface area contributed by atoms with Crippen LogP contribution in [0.15, 0.2) is 35.5 Å². The lowest BCUT2D eigenvalue weighted by molar-refractivity contribution is -0.117. The van der Waals surface area contributed by atoms with Gasteiger partial charge in [-0.15, -0.1) is 0 Å². The maximum atomic E-state index is 12.0. The molecule has 154 valence electrons. The number of rotatable bonds is 4. The minimum absolute atomic E-state index is 0.215. The Bertz CT molecular complexity index is 721. The van der Waals surface area contributed by atoms with Crippen molar-refractivity contribution >= 4 is 5.78 Å². The average Bonchev–Trinajstić information content (AvgIpc) is 2.99. The number of carbonyl (C=O) groups is 1. The molecule has 0 bridgehead atoms. The van der Waals surface area contributed by atoms with Crippen LogP contribution in [0.1, 0.15) is 86.0 Å². The maximum Gasteiger partial charge on any atom is 0.155 e. The zero-order chi connectivity index (χ0) is 20.1. The summed E-state index contributed by atoms with van der Waals surface area (Å²) in [5.41, 5.74) is 3.94. The highest BCUT2D eigenvalue weighted by molar-refractivity contribution is 5.91. The van der Waals surface area contributed by atoms with Crippen LogP contribution < -0.4 is 0 Å². The summed E-state index contributed by atoms with van der Waals surface area (Å²) in [4.78, 5) is 12.0. The van der Waals surface area contributed by atoms with Crippen LogP contribution in [-0.2, 0) is 4.79 Å². The molecule has 1 nitrogen and oxygen atoms in total. The molecule has 7 atom stereocenters. The molecular formula is C27H40O. The van der Waals surface area contributed by atoms with Crippen molar-refractivity contribution in [3.8, 4) is 0 Å². The average molecular weight is 381 g/mol. The van der Waals surface area contributed by atoms with Crippen molar-refractivity contribution in [3.63, 3.8) is 0 Å². The van der Waals surface area contributed by atoms with Crippen LogP contribution in [0.25, 0.3) is 0 Å². The van der Waals surface area contributed by atoms with Gasteiger partial charge in [-0.25, -0.2) is 0 Å². The van der Waals surface area contributed by atoms with Crippen LogP contribution in [0.3, 0.4) is 0 Å². The van der Waals surface area contributed by atoms with Crippen LogP contribution in [0.5, 0.6) is 0 Å². The van der Waals surface area contributed by atoms with E-state index in [4.69, 9.17) is 0 Å². The quantitative estimate of drug-likeness (QED) is 0.468. The van der Waals surface area contributed by atoms with E-state index in [1.165, 1.54) is 44.1 Å². The molecule has 1 heteroatoms. The van der Waals surface area contributed by atoms with Gasteiger partial charge in [0.25, 0.3) is 0 Å². The first kappa shape index (κ1) is 20.2. The summed E-state index contributed by atoms with van der Waals surface area (Å²) in [6, 6.07) is 0. The molecule has 0 saturated heterocycles. The van der Waals surface area contributed by atoms with Crippen molar-refractivity contribution in [2.24, 2.45) is 40.4 Å². The molecule has 0 unspecified atom stereocenters.